The summed E-state index contributed by atoms with van der Waals surface area (Å²) < 4.78 is 74.6. The Balaban J connectivity index is 0.00000325. The second-order valence-corrected chi connectivity index (χ2v) is 13.2. The molecule has 1 aliphatic carbocycles. The van der Waals surface area contributed by atoms with Crippen LogP contribution in [-0.4, -0.2) is 59.1 Å². The van der Waals surface area contributed by atoms with E-state index in [0.29, 0.717) is 0 Å². The number of nitrogens with two attached hydrogens (primary N) is 1. The maximum atomic E-state index is 13.8. The molecule has 246 valence electrons. The van der Waals surface area contributed by atoms with Gasteiger partial charge in [-0.1, -0.05) is 24.3 Å². The molecule has 5 N–H and O–H groups in total. The Morgan fingerprint density at radius 2 is 1.35 bits per heavy atom. The molecule has 0 saturated heterocycles. The monoisotopic (exact) mass is 747 g/mol. The number of carbonyl (C=O) groups is 2. The smallest absolute Gasteiger partial charge is 0.744 e. The molecular formula is C28H24ClN7Na2O9S2. The molecule has 0 atom stereocenters. The predicted molar refractivity (Wildman–Crippen MR) is 167 cm³/mol. The standard InChI is InChI=1S/C28H26ClN7O9S2.2Na/c1-5-45-36-28-34-26(29)33-27(35-28)32-22-11(2)21(12(3)25(13(22)4)47(42,43)44)31-16-10-17(46(39,40)41)20(30)19-18(16)23(37)14-8-6-7-9-15(14)24(19)38;;/h6-10,31H,5,30H2,1-4H3,(H,39,40,41)(H,42,43,44)(H2,32,33,34,35,36);;/q;2*+1/p-2. The minimum Gasteiger partial charge on any atom is -0.744 e. The largest absolute Gasteiger partial charge is 1.00 e. The minimum absolute atomic E-state index is 0. The first-order valence-corrected chi connectivity index (χ1v) is 16.7. The first-order valence-electron chi connectivity index (χ1n) is 13.5. The van der Waals surface area contributed by atoms with E-state index in [-0.39, 0.29) is 133 Å². The number of aromatic nitrogens is 3. The fourth-order valence-corrected chi connectivity index (χ4v) is 7.13. The van der Waals surface area contributed by atoms with E-state index in [1.807, 2.05) is 0 Å². The summed E-state index contributed by atoms with van der Waals surface area (Å²) in [7, 11) is -10.5. The summed E-state index contributed by atoms with van der Waals surface area (Å²) in [6.07, 6.45) is 0. The normalized spacial score (nSPS) is 12.3. The molecule has 1 aromatic heterocycles. The average Bonchev–Trinajstić information content (AvgIpc) is 2.98. The summed E-state index contributed by atoms with van der Waals surface area (Å²) in [5, 5.41) is 5.37. The van der Waals surface area contributed by atoms with Gasteiger partial charge in [0.1, 0.15) is 20.2 Å². The molecule has 0 unspecified atom stereocenters. The Morgan fingerprint density at radius 3 is 1.88 bits per heavy atom. The second kappa shape index (κ2) is 15.3. The van der Waals surface area contributed by atoms with Gasteiger partial charge >= 0.3 is 59.1 Å². The van der Waals surface area contributed by atoms with Crippen LogP contribution in [0.25, 0.3) is 0 Å². The Bertz CT molecular complexity index is 2260. The van der Waals surface area contributed by atoms with Crippen molar-refractivity contribution >= 4 is 78.0 Å². The fourth-order valence-electron chi connectivity index (χ4n) is 5.38. The van der Waals surface area contributed by atoms with E-state index in [1.54, 1.807) is 6.92 Å². The number of nitrogens with zero attached hydrogens (tertiary/aromatic N) is 3. The molecule has 21 heteroatoms. The van der Waals surface area contributed by atoms with Crippen LogP contribution < -0.4 is 81.0 Å². The molecule has 1 heterocycles. The van der Waals surface area contributed by atoms with Crippen molar-refractivity contribution < 1.29 is 99.5 Å². The van der Waals surface area contributed by atoms with Gasteiger partial charge in [-0.15, -0.1) is 0 Å². The number of nitrogen functional groups attached to an aromatic ring is 1. The van der Waals surface area contributed by atoms with Crippen molar-refractivity contribution in [3.63, 3.8) is 0 Å². The van der Waals surface area contributed by atoms with Crippen molar-refractivity contribution in [1.82, 2.24) is 15.0 Å². The van der Waals surface area contributed by atoms with Crippen LogP contribution in [0.1, 0.15) is 55.5 Å². The van der Waals surface area contributed by atoms with E-state index >= 15 is 0 Å². The van der Waals surface area contributed by atoms with Gasteiger partial charge in [-0.05, 0) is 62.1 Å². The quantitative estimate of drug-likeness (QED) is 0.0525. The molecule has 49 heavy (non-hydrogen) atoms. The Kier molecular flexibility index (Phi) is 12.7. The van der Waals surface area contributed by atoms with Gasteiger partial charge in [0.25, 0.3) is 5.95 Å². The van der Waals surface area contributed by atoms with Crippen LogP contribution in [0, 0.1) is 20.8 Å². The van der Waals surface area contributed by atoms with Crippen LogP contribution in [0.15, 0.2) is 40.1 Å². The van der Waals surface area contributed by atoms with Crippen LogP contribution >= 0.6 is 11.6 Å². The summed E-state index contributed by atoms with van der Waals surface area (Å²) in [5.74, 6) is -1.84. The van der Waals surface area contributed by atoms with Gasteiger partial charge in [-0.2, -0.15) is 15.0 Å². The third-order valence-corrected chi connectivity index (χ3v) is 9.47. The molecule has 5 rings (SSSR count). The van der Waals surface area contributed by atoms with Gasteiger partial charge in [-0.3, -0.25) is 14.4 Å². The van der Waals surface area contributed by atoms with Crippen molar-refractivity contribution in [2.45, 2.75) is 37.5 Å². The van der Waals surface area contributed by atoms with E-state index in [2.05, 4.69) is 31.1 Å². The molecule has 0 bridgehead atoms. The van der Waals surface area contributed by atoms with Crippen LogP contribution in [0.5, 0.6) is 0 Å². The zero-order valence-electron chi connectivity index (χ0n) is 26.9. The van der Waals surface area contributed by atoms with Crippen LogP contribution in [0.4, 0.5) is 34.6 Å². The summed E-state index contributed by atoms with van der Waals surface area (Å²) in [5.41, 5.74) is 6.39. The maximum absolute atomic E-state index is 13.8. The third kappa shape index (κ3) is 7.80. The van der Waals surface area contributed by atoms with Gasteiger partial charge < -0.3 is 25.5 Å². The molecule has 0 aliphatic heterocycles. The zero-order valence-corrected chi connectivity index (χ0v) is 33.3. The number of hydrogen-bond donors (Lipinski definition) is 4. The molecule has 0 fully saturated rings. The summed E-state index contributed by atoms with van der Waals surface area (Å²) >= 11 is 6.04. The van der Waals surface area contributed by atoms with E-state index < -0.39 is 52.8 Å². The zero-order chi connectivity index (χ0) is 34.6. The van der Waals surface area contributed by atoms with Crippen LogP contribution in [0.2, 0.25) is 5.28 Å². The van der Waals surface area contributed by atoms with E-state index in [0.717, 1.165) is 6.07 Å². The van der Waals surface area contributed by atoms with Crippen molar-refractivity contribution in [2.75, 3.05) is 28.5 Å². The van der Waals surface area contributed by atoms with Crippen LogP contribution in [-0.2, 0) is 25.1 Å². The number of benzene rings is 3. The van der Waals surface area contributed by atoms with Gasteiger partial charge in [0.2, 0.25) is 11.2 Å². The Labute approximate surface area is 330 Å². The number of halogens is 1. The fraction of sp³-hybridized carbons (Fsp3) is 0.179. The predicted octanol–water partition coefficient (Wildman–Crippen LogP) is -2.53. The summed E-state index contributed by atoms with van der Waals surface area (Å²) in [6.45, 7) is 6.10. The van der Waals surface area contributed by atoms with Crippen molar-refractivity contribution in [3.05, 3.63) is 74.6 Å². The van der Waals surface area contributed by atoms with Gasteiger partial charge in [0, 0.05) is 16.8 Å². The molecule has 0 spiro atoms. The van der Waals surface area contributed by atoms with E-state index in [9.17, 15) is 35.5 Å². The Morgan fingerprint density at radius 1 is 0.816 bits per heavy atom. The van der Waals surface area contributed by atoms with E-state index in [1.165, 1.54) is 45.0 Å². The van der Waals surface area contributed by atoms with E-state index in [4.69, 9.17) is 22.2 Å². The summed E-state index contributed by atoms with van der Waals surface area (Å²) in [4.78, 5) is 42.7. The number of nitrogens with one attached hydrogen (secondary N) is 3. The summed E-state index contributed by atoms with van der Waals surface area (Å²) in [6, 6.07) is 6.53. The molecule has 4 aromatic rings. The molecule has 1 aliphatic rings. The first kappa shape index (κ1) is 40.7. The van der Waals surface area contributed by atoms with Crippen molar-refractivity contribution in [2.24, 2.45) is 0 Å². The molecule has 0 saturated carbocycles. The molecule has 16 nitrogen and oxygen atoms in total. The van der Waals surface area contributed by atoms with Gasteiger partial charge in [0.05, 0.1) is 44.6 Å². The number of fused-ring (bicyclic) bond motifs is 2. The van der Waals surface area contributed by atoms with Crippen LogP contribution in [0.3, 0.4) is 0 Å². The average molecular weight is 748 g/mol. The number of anilines is 6. The van der Waals surface area contributed by atoms with Gasteiger partial charge in [0.15, 0.2) is 11.6 Å². The Hall–Kier alpha value is -2.72. The van der Waals surface area contributed by atoms with Crippen molar-refractivity contribution in [3.8, 4) is 0 Å². The minimum atomic E-state index is -5.31. The third-order valence-electron chi connectivity index (χ3n) is 7.31. The first-order chi connectivity index (χ1) is 21.9. The number of ketones is 2. The molecule has 3 aromatic carbocycles. The number of hydrogen-bond acceptors (Lipinski definition) is 16. The van der Waals surface area contributed by atoms with Crippen molar-refractivity contribution in [1.29, 1.82) is 0 Å². The second-order valence-electron chi connectivity index (χ2n) is 10.2. The SMILES string of the molecule is CCONc1nc(Cl)nc(Nc2c(C)c(Nc3cc(S(=O)(=O)[O-])c(N)c4c3C(=O)c3ccccc3C4=O)c(C)c(S(=O)(=O)[O-])c2C)n1.[Na+].[Na+]. The molecular weight excluding hydrogens is 724 g/mol. The van der Waals surface area contributed by atoms with Gasteiger partial charge in [-0.25, -0.2) is 22.3 Å². The topological polar surface area (TPSA) is 259 Å². The maximum Gasteiger partial charge on any atom is 1.00 e. The molecule has 0 amide bonds. The molecule has 0 radical (unpaired) electrons. The number of carbonyl (C=O) groups excluding carboxylic acids is 2. The number of rotatable bonds is 9.